The molecule has 2 unspecified atom stereocenters. The van der Waals surface area contributed by atoms with Crippen molar-refractivity contribution in [3.05, 3.63) is 29.7 Å². The molecule has 2 amide bonds. The predicted octanol–water partition coefficient (Wildman–Crippen LogP) is 0.807. The first-order valence-electron chi connectivity index (χ1n) is 9.41. The molecule has 2 atom stereocenters. The van der Waals surface area contributed by atoms with Crippen LogP contribution in [0.2, 0.25) is 0 Å². The van der Waals surface area contributed by atoms with Crippen molar-refractivity contribution in [2.45, 2.75) is 38.3 Å². The molecule has 4 heterocycles. The van der Waals surface area contributed by atoms with E-state index in [4.69, 9.17) is 0 Å². The van der Waals surface area contributed by atoms with Gasteiger partial charge in [-0.15, -0.1) is 12.4 Å². The van der Waals surface area contributed by atoms with E-state index < -0.39 is 6.04 Å². The molecule has 9 nitrogen and oxygen atoms in total. The summed E-state index contributed by atoms with van der Waals surface area (Å²) < 4.78 is 3.54. The van der Waals surface area contributed by atoms with Gasteiger partial charge in [-0.1, -0.05) is 0 Å². The first-order chi connectivity index (χ1) is 13.0. The Hall–Kier alpha value is -2.39. The van der Waals surface area contributed by atoms with Crippen LogP contribution in [0.15, 0.2) is 18.3 Å². The van der Waals surface area contributed by atoms with Crippen molar-refractivity contribution < 1.29 is 9.59 Å². The van der Waals surface area contributed by atoms with Gasteiger partial charge in [0.2, 0.25) is 0 Å². The minimum atomic E-state index is -0.533. The second-order valence-electron chi connectivity index (χ2n) is 7.25. The first-order valence-corrected chi connectivity index (χ1v) is 9.41. The normalized spacial score (nSPS) is 22.2. The third kappa shape index (κ3) is 3.90. The van der Waals surface area contributed by atoms with E-state index in [1.54, 1.807) is 15.6 Å². The van der Waals surface area contributed by atoms with E-state index in [0.29, 0.717) is 18.7 Å². The van der Waals surface area contributed by atoms with Crippen molar-refractivity contribution in [3.63, 3.8) is 0 Å². The first kappa shape index (κ1) is 20.3. The van der Waals surface area contributed by atoms with Crippen LogP contribution in [0.3, 0.4) is 0 Å². The van der Waals surface area contributed by atoms with Crippen molar-refractivity contribution in [2.24, 2.45) is 7.05 Å². The van der Waals surface area contributed by atoms with E-state index in [-0.39, 0.29) is 30.3 Å². The molecule has 2 N–H and O–H groups in total. The van der Waals surface area contributed by atoms with Gasteiger partial charge in [0.1, 0.15) is 17.6 Å². The number of rotatable bonds is 4. The Kier molecular flexibility index (Phi) is 6.04. The summed E-state index contributed by atoms with van der Waals surface area (Å²) in [5, 5.41) is 14.9. The summed E-state index contributed by atoms with van der Waals surface area (Å²) in [6.07, 6.45) is 4.57. The molecule has 0 aromatic carbocycles. The monoisotopic (exact) mass is 407 g/mol. The molecule has 2 aromatic rings. The predicted molar refractivity (Wildman–Crippen MR) is 107 cm³/mol. The van der Waals surface area contributed by atoms with Crippen LogP contribution in [-0.2, 0) is 11.8 Å². The average molecular weight is 408 g/mol. The van der Waals surface area contributed by atoms with E-state index in [9.17, 15) is 9.59 Å². The van der Waals surface area contributed by atoms with Crippen molar-refractivity contribution in [1.29, 1.82) is 0 Å². The van der Waals surface area contributed by atoms with Gasteiger partial charge in [-0.3, -0.25) is 23.9 Å². The highest BCUT2D eigenvalue weighted by atomic mass is 35.5. The van der Waals surface area contributed by atoms with Crippen molar-refractivity contribution in [3.8, 4) is 0 Å². The van der Waals surface area contributed by atoms with Crippen LogP contribution >= 0.6 is 12.4 Å². The van der Waals surface area contributed by atoms with Crippen LogP contribution in [0.25, 0.3) is 0 Å². The molecule has 152 valence electrons. The number of nitrogens with one attached hydrogen (secondary N) is 2. The second-order valence-corrected chi connectivity index (χ2v) is 7.25. The molecule has 0 spiro atoms. The smallest absolute Gasteiger partial charge is 0.272 e. The molecule has 0 aliphatic carbocycles. The fourth-order valence-electron chi connectivity index (χ4n) is 3.84. The van der Waals surface area contributed by atoms with Gasteiger partial charge in [-0.25, -0.2) is 0 Å². The Morgan fingerprint density at radius 1 is 1.32 bits per heavy atom. The summed E-state index contributed by atoms with van der Waals surface area (Å²) in [6.45, 7) is 4.34. The lowest BCUT2D eigenvalue weighted by Gasteiger charge is -2.22. The number of amides is 2. The zero-order valence-electron chi connectivity index (χ0n) is 16.1. The van der Waals surface area contributed by atoms with E-state index in [1.165, 1.54) is 0 Å². The van der Waals surface area contributed by atoms with Gasteiger partial charge in [0.15, 0.2) is 0 Å². The molecular weight excluding hydrogens is 382 g/mol. The van der Waals surface area contributed by atoms with Gasteiger partial charge < -0.3 is 10.6 Å². The minimum Gasteiger partial charge on any atom is -0.339 e. The van der Waals surface area contributed by atoms with E-state index in [2.05, 4.69) is 20.8 Å². The second kappa shape index (κ2) is 8.32. The Balaban J connectivity index is 0.00000225. The Morgan fingerprint density at radius 2 is 2.14 bits per heavy atom. The van der Waals surface area contributed by atoms with Crippen LogP contribution in [0.5, 0.6) is 0 Å². The number of halogens is 1. The molecule has 0 bridgehead atoms. The summed E-state index contributed by atoms with van der Waals surface area (Å²) in [7, 11) is 1.81. The zero-order valence-corrected chi connectivity index (χ0v) is 16.9. The van der Waals surface area contributed by atoms with Crippen molar-refractivity contribution in [2.75, 3.05) is 24.5 Å². The lowest BCUT2D eigenvalue weighted by atomic mass is 10.1. The van der Waals surface area contributed by atoms with Gasteiger partial charge in [0, 0.05) is 32.4 Å². The molecule has 28 heavy (non-hydrogen) atoms. The Bertz CT molecular complexity index is 856. The summed E-state index contributed by atoms with van der Waals surface area (Å²) in [4.78, 5) is 27.0. The number of aromatic nitrogens is 4. The molecule has 0 saturated carbocycles. The van der Waals surface area contributed by atoms with Crippen LogP contribution < -0.4 is 15.5 Å². The summed E-state index contributed by atoms with van der Waals surface area (Å²) in [5.41, 5.74) is 1.21. The summed E-state index contributed by atoms with van der Waals surface area (Å²) in [6, 6.07) is 3.33. The number of aryl methyl sites for hydroxylation is 2. The maximum absolute atomic E-state index is 12.7. The standard InChI is InChI=1S/C18H25N7O2.ClH/c1-12-10-16(23(2)21-12)24-8-5-15(18(24)27)20-17(26)14-6-9-25(22-14)13-4-3-7-19-11-13;/h6,9-10,13,15,19H,3-5,7-8,11H2,1-2H3,(H,20,26);1H. The van der Waals surface area contributed by atoms with Crippen LogP contribution in [0.4, 0.5) is 5.82 Å². The number of hydrogen-bond donors (Lipinski definition) is 2. The highest BCUT2D eigenvalue weighted by Crippen LogP contribution is 2.22. The number of hydrogen-bond acceptors (Lipinski definition) is 5. The Labute approximate surface area is 169 Å². The van der Waals surface area contributed by atoms with E-state index in [0.717, 1.165) is 37.4 Å². The molecule has 2 aliphatic heterocycles. The number of piperidine rings is 1. The fraction of sp³-hybridized carbons (Fsp3) is 0.556. The van der Waals surface area contributed by atoms with Gasteiger partial charge >= 0.3 is 0 Å². The van der Waals surface area contributed by atoms with Crippen molar-refractivity contribution >= 4 is 30.0 Å². The largest absolute Gasteiger partial charge is 0.339 e. The zero-order chi connectivity index (χ0) is 19.0. The third-order valence-corrected chi connectivity index (χ3v) is 5.25. The topological polar surface area (TPSA) is 97.1 Å². The SMILES string of the molecule is Cc1cc(N2CCC(NC(=O)c3ccn(C4CCCNC4)n3)C2=O)n(C)n1.Cl. The number of carbonyl (C=O) groups is 2. The quantitative estimate of drug-likeness (QED) is 0.781. The maximum atomic E-state index is 12.7. The van der Waals surface area contributed by atoms with Crippen LogP contribution in [0.1, 0.15) is 41.5 Å². The number of anilines is 1. The van der Waals surface area contributed by atoms with Gasteiger partial charge in [-0.2, -0.15) is 10.2 Å². The number of nitrogens with zero attached hydrogens (tertiary/aromatic N) is 5. The van der Waals surface area contributed by atoms with E-state index in [1.807, 2.05) is 30.9 Å². The molecule has 2 aromatic heterocycles. The third-order valence-electron chi connectivity index (χ3n) is 5.25. The molecule has 2 aliphatic rings. The lowest BCUT2D eigenvalue weighted by molar-refractivity contribution is -0.118. The van der Waals surface area contributed by atoms with Crippen LogP contribution in [0, 0.1) is 6.92 Å². The van der Waals surface area contributed by atoms with Crippen molar-refractivity contribution in [1.82, 2.24) is 30.2 Å². The summed E-state index contributed by atoms with van der Waals surface area (Å²) >= 11 is 0. The van der Waals surface area contributed by atoms with Gasteiger partial charge in [0.05, 0.1) is 11.7 Å². The van der Waals surface area contributed by atoms with Crippen LogP contribution in [-0.4, -0.2) is 57.1 Å². The van der Waals surface area contributed by atoms with Gasteiger partial charge in [-0.05, 0) is 38.8 Å². The molecular formula is C18H26ClN7O2. The Morgan fingerprint density at radius 3 is 2.82 bits per heavy atom. The highest BCUT2D eigenvalue weighted by Gasteiger charge is 2.35. The molecule has 2 fully saturated rings. The molecule has 4 rings (SSSR count). The lowest BCUT2D eigenvalue weighted by Crippen LogP contribution is -2.42. The highest BCUT2D eigenvalue weighted by molar-refractivity contribution is 6.03. The number of carbonyl (C=O) groups excluding carboxylic acids is 2. The minimum absolute atomic E-state index is 0. The molecule has 2 saturated heterocycles. The molecule has 10 heteroatoms. The molecule has 0 radical (unpaired) electrons. The average Bonchev–Trinajstić information content (AvgIpc) is 3.36. The maximum Gasteiger partial charge on any atom is 0.272 e. The van der Waals surface area contributed by atoms with E-state index >= 15 is 0 Å². The fourth-order valence-corrected chi connectivity index (χ4v) is 3.84. The van der Waals surface area contributed by atoms with Gasteiger partial charge in [0.25, 0.3) is 11.8 Å². The summed E-state index contributed by atoms with van der Waals surface area (Å²) in [5.74, 6) is 0.337.